The van der Waals surface area contributed by atoms with Gasteiger partial charge in [0.05, 0.1) is 5.69 Å². The van der Waals surface area contributed by atoms with E-state index in [1.807, 2.05) is 71.4 Å². The number of para-hydroxylation sites is 1. The Hall–Kier alpha value is -3.67. The van der Waals surface area contributed by atoms with Crippen LogP contribution in [0.1, 0.15) is 5.56 Å². The molecule has 4 aromatic rings. The molecule has 6 nitrogen and oxygen atoms in total. The SMILES string of the molecule is O=C(Nc1ccc(-c2cn3cccnc3n2)cc1)[C@@H]1Cc2ccccc2O1. The first-order chi connectivity index (χ1) is 13.3. The predicted molar refractivity (Wildman–Crippen MR) is 102 cm³/mol. The molecule has 1 amide bonds. The smallest absolute Gasteiger partial charge is 0.265 e. The molecule has 2 aromatic carbocycles. The molecular formula is C21H16N4O2. The van der Waals surface area contributed by atoms with Crippen molar-refractivity contribution in [2.45, 2.75) is 12.5 Å². The fraction of sp³-hybridized carbons (Fsp3) is 0.0952. The highest BCUT2D eigenvalue weighted by Gasteiger charge is 2.28. The molecule has 1 N–H and O–H groups in total. The Morgan fingerprint density at radius 3 is 2.78 bits per heavy atom. The Labute approximate surface area is 155 Å². The third-order valence-corrected chi connectivity index (χ3v) is 4.62. The number of benzene rings is 2. The van der Waals surface area contributed by atoms with Crippen LogP contribution in [0.4, 0.5) is 5.69 Å². The Bertz CT molecular complexity index is 1080. The molecule has 6 heteroatoms. The minimum atomic E-state index is -0.494. The van der Waals surface area contributed by atoms with Gasteiger partial charge in [0.1, 0.15) is 5.75 Å². The molecule has 0 saturated carbocycles. The van der Waals surface area contributed by atoms with Crippen molar-refractivity contribution in [2.75, 3.05) is 5.32 Å². The first kappa shape index (κ1) is 15.6. The van der Waals surface area contributed by atoms with Crippen molar-refractivity contribution >= 4 is 17.4 Å². The van der Waals surface area contributed by atoms with Gasteiger partial charge < -0.3 is 10.1 Å². The van der Waals surface area contributed by atoms with Gasteiger partial charge >= 0.3 is 0 Å². The van der Waals surface area contributed by atoms with E-state index in [4.69, 9.17) is 4.74 Å². The third kappa shape index (κ3) is 2.91. The number of anilines is 1. The number of carbonyl (C=O) groups is 1. The maximum Gasteiger partial charge on any atom is 0.265 e. The molecule has 1 aliphatic rings. The van der Waals surface area contributed by atoms with E-state index in [1.165, 1.54) is 0 Å². The number of nitrogens with zero attached hydrogens (tertiary/aromatic N) is 3. The van der Waals surface area contributed by atoms with Crippen molar-refractivity contribution in [3.8, 4) is 17.0 Å². The highest BCUT2D eigenvalue weighted by atomic mass is 16.5. The number of carbonyl (C=O) groups excluding carboxylic acids is 1. The molecule has 0 bridgehead atoms. The molecule has 0 saturated heterocycles. The van der Waals surface area contributed by atoms with E-state index < -0.39 is 6.10 Å². The molecule has 0 radical (unpaired) electrons. The average Bonchev–Trinajstić information content (AvgIpc) is 3.32. The standard InChI is InChI=1S/C21H16N4O2/c26-20(19-12-15-4-1-2-5-18(15)27-19)23-16-8-6-14(7-9-16)17-13-25-11-3-10-22-21(25)24-17/h1-11,13,19H,12H2,(H,23,26)/t19-/m0/s1. The van der Waals surface area contributed by atoms with Crippen LogP contribution in [0.2, 0.25) is 0 Å². The van der Waals surface area contributed by atoms with Crippen LogP contribution in [-0.2, 0) is 11.2 Å². The highest BCUT2D eigenvalue weighted by Crippen LogP contribution is 2.29. The molecule has 3 heterocycles. The molecule has 1 atom stereocenters. The van der Waals surface area contributed by atoms with Crippen LogP contribution in [0.5, 0.6) is 5.75 Å². The summed E-state index contributed by atoms with van der Waals surface area (Å²) < 4.78 is 7.61. The maximum atomic E-state index is 12.5. The molecule has 27 heavy (non-hydrogen) atoms. The van der Waals surface area contributed by atoms with Crippen LogP contribution in [0, 0.1) is 0 Å². The van der Waals surface area contributed by atoms with Crippen LogP contribution in [0.15, 0.2) is 73.2 Å². The largest absolute Gasteiger partial charge is 0.480 e. The topological polar surface area (TPSA) is 68.5 Å². The lowest BCUT2D eigenvalue weighted by Gasteiger charge is -2.11. The number of hydrogen-bond donors (Lipinski definition) is 1. The summed E-state index contributed by atoms with van der Waals surface area (Å²) in [6, 6.07) is 17.2. The first-order valence-electron chi connectivity index (χ1n) is 8.72. The quantitative estimate of drug-likeness (QED) is 0.611. The molecule has 1 aliphatic heterocycles. The summed E-state index contributed by atoms with van der Waals surface area (Å²) in [6.07, 6.45) is 5.65. The van der Waals surface area contributed by atoms with Crippen molar-refractivity contribution in [1.82, 2.24) is 14.4 Å². The minimum Gasteiger partial charge on any atom is -0.480 e. The lowest BCUT2D eigenvalue weighted by Crippen LogP contribution is -2.31. The van der Waals surface area contributed by atoms with Gasteiger partial charge in [0.15, 0.2) is 6.10 Å². The minimum absolute atomic E-state index is 0.143. The van der Waals surface area contributed by atoms with Gasteiger partial charge in [-0.15, -0.1) is 0 Å². The molecule has 132 valence electrons. The van der Waals surface area contributed by atoms with Gasteiger partial charge in [0.25, 0.3) is 5.91 Å². The van der Waals surface area contributed by atoms with Crippen molar-refractivity contribution in [3.63, 3.8) is 0 Å². The maximum absolute atomic E-state index is 12.5. The van der Waals surface area contributed by atoms with E-state index in [0.717, 1.165) is 28.3 Å². The Morgan fingerprint density at radius 2 is 1.96 bits per heavy atom. The monoisotopic (exact) mass is 356 g/mol. The van der Waals surface area contributed by atoms with Crippen molar-refractivity contribution in [2.24, 2.45) is 0 Å². The van der Waals surface area contributed by atoms with Crippen LogP contribution in [0.25, 0.3) is 17.0 Å². The molecule has 0 unspecified atom stereocenters. The van der Waals surface area contributed by atoms with Gasteiger partial charge in [-0.2, -0.15) is 0 Å². The highest BCUT2D eigenvalue weighted by molar-refractivity contribution is 5.95. The van der Waals surface area contributed by atoms with Crippen LogP contribution in [-0.4, -0.2) is 26.4 Å². The van der Waals surface area contributed by atoms with Gasteiger partial charge in [0, 0.05) is 36.3 Å². The third-order valence-electron chi connectivity index (χ3n) is 4.62. The summed E-state index contributed by atoms with van der Waals surface area (Å²) in [4.78, 5) is 21.2. The van der Waals surface area contributed by atoms with E-state index in [1.54, 1.807) is 6.20 Å². The van der Waals surface area contributed by atoms with E-state index in [2.05, 4.69) is 15.3 Å². The van der Waals surface area contributed by atoms with Crippen LogP contribution >= 0.6 is 0 Å². The van der Waals surface area contributed by atoms with Gasteiger partial charge in [-0.3, -0.25) is 9.20 Å². The predicted octanol–water partition coefficient (Wildman–Crippen LogP) is 3.34. The summed E-state index contributed by atoms with van der Waals surface area (Å²) in [5.74, 6) is 1.30. The Balaban J connectivity index is 1.30. The van der Waals surface area contributed by atoms with Crippen LogP contribution in [0.3, 0.4) is 0 Å². The number of amides is 1. The van der Waals surface area contributed by atoms with Crippen molar-refractivity contribution in [1.29, 1.82) is 0 Å². The summed E-state index contributed by atoms with van der Waals surface area (Å²) >= 11 is 0. The Morgan fingerprint density at radius 1 is 1.11 bits per heavy atom. The van der Waals surface area contributed by atoms with Gasteiger partial charge in [0.2, 0.25) is 5.78 Å². The second-order valence-electron chi connectivity index (χ2n) is 6.44. The first-order valence-corrected chi connectivity index (χ1v) is 8.72. The number of fused-ring (bicyclic) bond motifs is 2. The van der Waals surface area contributed by atoms with Gasteiger partial charge in [-0.1, -0.05) is 30.3 Å². The van der Waals surface area contributed by atoms with E-state index >= 15 is 0 Å². The van der Waals surface area contributed by atoms with Gasteiger partial charge in [-0.25, -0.2) is 9.97 Å². The fourth-order valence-electron chi connectivity index (χ4n) is 3.24. The zero-order valence-electron chi connectivity index (χ0n) is 14.4. The van der Waals surface area contributed by atoms with Gasteiger partial charge in [-0.05, 0) is 29.8 Å². The Kier molecular flexibility index (Phi) is 3.60. The molecule has 5 rings (SSSR count). The normalized spacial score (nSPS) is 15.3. The summed E-state index contributed by atoms with van der Waals surface area (Å²) in [6.45, 7) is 0. The molecule has 0 fully saturated rings. The van der Waals surface area contributed by atoms with Crippen LogP contribution < -0.4 is 10.1 Å². The second-order valence-corrected chi connectivity index (χ2v) is 6.44. The number of nitrogens with one attached hydrogen (secondary N) is 1. The number of ether oxygens (including phenoxy) is 1. The van der Waals surface area contributed by atoms with E-state index in [9.17, 15) is 4.79 Å². The summed E-state index contributed by atoms with van der Waals surface area (Å²) in [7, 11) is 0. The second kappa shape index (κ2) is 6.25. The van der Waals surface area contributed by atoms with E-state index in [0.29, 0.717) is 12.2 Å². The summed E-state index contributed by atoms with van der Waals surface area (Å²) in [5, 5.41) is 2.92. The number of rotatable bonds is 3. The number of aromatic nitrogens is 3. The van der Waals surface area contributed by atoms with Crippen molar-refractivity contribution in [3.05, 3.63) is 78.8 Å². The molecular weight excluding hydrogens is 340 g/mol. The number of hydrogen-bond acceptors (Lipinski definition) is 4. The lowest BCUT2D eigenvalue weighted by molar-refractivity contribution is -0.122. The zero-order chi connectivity index (χ0) is 18.2. The summed E-state index contributed by atoms with van der Waals surface area (Å²) in [5.41, 5.74) is 3.59. The average molecular weight is 356 g/mol. The lowest BCUT2D eigenvalue weighted by atomic mass is 10.1. The van der Waals surface area contributed by atoms with Crippen molar-refractivity contribution < 1.29 is 9.53 Å². The molecule has 0 aliphatic carbocycles. The molecule has 2 aromatic heterocycles. The zero-order valence-corrected chi connectivity index (χ0v) is 14.4. The number of imidazole rings is 1. The van der Waals surface area contributed by atoms with E-state index in [-0.39, 0.29) is 5.91 Å². The fourth-order valence-corrected chi connectivity index (χ4v) is 3.24. The molecule has 0 spiro atoms.